The summed E-state index contributed by atoms with van der Waals surface area (Å²) in [6, 6.07) is 9.20. The van der Waals surface area contributed by atoms with Crippen LogP contribution in [0.4, 0.5) is 10.1 Å². The van der Waals surface area contributed by atoms with E-state index in [1.54, 1.807) is 17.4 Å². The van der Waals surface area contributed by atoms with Crippen molar-refractivity contribution in [2.75, 3.05) is 10.7 Å². The zero-order chi connectivity index (χ0) is 18.3. The number of sulfonamides is 1. The van der Waals surface area contributed by atoms with Crippen LogP contribution >= 0.6 is 11.3 Å². The molecule has 0 aliphatic heterocycles. The molecule has 0 saturated heterocycles. The zero-order valence-electron chi connectivity index (χ0n) is 13.5. The quantitative estimate of drug-likeness (QED) is 0.695. The molecule has 0 fully saturated rings. The Labute approximate surface area is 153 Å². The first kappa shape index (κ1) is 17.0. The standard InChI is InChI=1S/C18H14FNO4S2/c19-10-26(22,23)20-13-5-7-16(12-4-6-14(21)18(12)13)24-15-2-1-3-17-11(15)8-9-25-17/h1-3,5,7-9,20H,4,6,10H2. The Kier molecular flexibility index (Phi) is 4.16. The van der Waals surface area contributed by atoms with Gasteiger partial charge in [-0.05, 0) is 42.1 Å². The van der Waals surface area contributed by atoms with E-state index < -0.39 is 16.0 Å². The molecule has 134 valence electrons. The fourth-order valence-corrected chi connectivity index (χ4v) is 4.47. The fourth-order valence-electron chi connectivity index (χ4n) is 3.11. The van der Waals surface area contributed by atoms with Crippen LogP contribution in [0.5, 0.6) is 11.5 Å². The van der Waals surface area contributed by atoms with Gasteiger partial charge < -0.3 is 4.74 Å². The molecule has 0 bridgehead atoms. The van der Waals surface area contributed by atoms with Crippen LogP contribution in [0.25, 0.3) is 10.1 Å². The number of carbonyl (C=O) groups is 1. The number of alkyl halides is 1. The van der Waals surface area contributed by atoms with Crippen molar-refractivity contribution in [1.82, 2.24) is 0 Å². The number of anilines is 1. The van der Waals surface area contributed by atoms with E-state index in [4.69, 9.17) is 4.74 Å². The van der Waals surface area contributed by atoms with E-state index >= 15 is 0 Å². The third-order valence-electron chi connectivity index (χ3n) is 4.24. The second kappa shape index (κ2) is 6.37. The highest BCUT2D eigenvalue weighted by Crippen LogP contribution is 2.40. The number of halogens is 1. The van der Waals surface area contributed by atoms with Gasteiger partial charge in [-0.3, -0.25) is 9.52 Å². The largest absolute Gasteiger partial charge is 0.456 e. The van der Waals surface area contributed by atoms with Gasteiger partial charge >= 0.3 is 0 Å². The van der Waals surface area contributed by atoms with E-state index in [9.17, 15) is 17.6 Å². The average molecular weight is 391 g/mol. The number of hydrogen-bond donors (Lipinski definition) is 1. The fraction of sp³-hybridized carbons (Fsp3) is 0.167. The highest BCUT2D eigenvalue weighted by Gasteiger charge is 2.28. The monoisotopic (exact) mass is 391 g/mol. The lowest BCUT2D eigenvalue weighted by atomic mass is 10.1. The zero-order valence-corrected chi connectivity index (χ0v) is 15.1. The molecule has 8 heteroatoms. The molecule has 1 N–H and O–H groups in total. The summed E-state index contributed by atoms with van der Waals surface area (Å²) in [5.74, 6) is 0.992. The first-order valence-electron chi connectivity index (χ1n) is 7.88. The van der Waals surface area contributed by atoms with E-state index in [-0.39, 0.29) is 23.5 Å². The number of thiophene rings is 1. The van der Waals surface area contributed by atoms with Crippen LogP contribution in [0.2, 0.25) is 0 Å². The molecule has 0 radical (unpaired) electrons. The Morgan fingerprint density at radius 3 is 2.77 bits per heavy atom. The molecule has 0 amide bonds. The molecule has 5 nitrogen and oxygen atoms in total. The minimum Gasteiger partial charge on any atom is -0.456 e. The smallest absolute Gasteiger partial charge is 0.262 e. The average Bonchev–Trinajstić information content (AvgIpc) is 3.25. The summed E-state index contributed by atoms with van der Waals surface area (Å²) < 4.78 is 45.0. The molecule has 3 aromatic rings. The Hall–Kier alpha value is -2.45. The minimum atomic E-state index is -4.12. The molecule has 0 unspecified atom stereocenters. The predicted octanol–water partition coefficient (Wildman–Crippen LogP) is 4.49. The Balaban J connectivity index is 1.77. The number of carbonyl (C=O) groups excluding carboxylic acids is 1. The van der Waals surface area contributed by atoms with Crippen LogP contribution in [0.1, 0.15) is 22.3 Å². The van der Waals surface area contributed by atoms with Crippen molar-refractivity contribution >= 4 is 42.9 Å². The van der Waals surface area contributed by atoms with Crippen molar-refractivity contribution < 1.29 is 22.3 Å². The van der Waals surface area contributed by atoms with Gasteiger partial charge in [-0.15, -0.1) is 11.3 Å². The van der Waals surface area contributed by atoms with Crippen LogP contribution in [0.15, 0.2) is 41.8 Å². The van der Waals surface area contributed by atoms with E-state index in [0.717, 1.165) is 10.1 Å². The number of ether oxygens (including phenoxy) is 1. The molecule has 26 heavy (non-hydrogen) atoms. The first-order chi connectivity index (χ1) is 12.5. The lowest BCUT2D eigenvalue weighted by molar-refractivity contribution is 0.0995. The molecule has 1 aliphatic carbocycles. The normalized spacial score (nSPS) is 13.8. The second-order valence-electron chi connectivity index (χ2n) is 5.90. The van der Waals surface area contributed by atoms with Crippen LogP contribution in [0, 0.1) is 0 Å². The number of fused-ring (bicyclic) bond motifs is 2. The van der Waals surface area contributed by atoms with Gasteiger partial charge in [0.15, 0.2) is 5.78 Å². The summed E-state index contributed by atoms with van der Waals surface area (Å²) in [5, 5.41) is 2.94. The summed E-state index contributed by atoms with van der Waals surface area (Å²) in [6.07, 6.45) is 0.719. The van der Waals surface area contributed by atoms with Gasteiger partial charge in [-0.25, -0.2) is 12.8 Å². The maximum absolute atomic E-state index is 12.6. The van der Waals surface area contributed by atoms with Crippen molar-refractivity contribution in [3.05, 3.63) is 52.9 Å². The van der Waals surface area contributed by atoms with Gasteiger partial charge in [0.1, 0.15) is 11.5 Å². The van der Waals surface area contributed by atoms with Crippen LogP contribution in [0.3, 0.4) is 0 Å². The summed E-state index contributed by atoms with van der Waals surface area (Å²) in [7, 11) is -4.12. The highest BCUT2D eigenvalue weighted by atomic mass is 32.2. The van der Waals surface area contributed by atoms with Gasteiger partial charge in [0.05, 0.1) is 5.69 Å². The molecule has 4 rings (SSSR count). The van der Waals surface area contributed by atoms with Gasteiger partial charge in [-0.2, -0.15) is 0 Å². The van der Waals surface area contributed by atoms with Gasteiger partial charge in [0.25, 0.3) is 10.0 Å². The summed E-state index contributed by atoms with van der Waals surface area (Å²) >= 11 is 1.60. The minimum absolute atomic E-state index is 0.0984. The molecule has 0 spiro atoms. The van der Waals surface area contributed by atoms with Crippen LogP contribution in [-0.2, 0) is 16.4 Å². The number of hydrogen-bond acceptors (Lipinski definition) is 5. The molecular weight excluding hydrogens is 377 g/mol. The maximum atomic E-state index is 12.6. The Bertz CT molecular complexity index is 1120. The molecule has 1 heterocycles. The maximum Gasteiger partial charge on any atom is 0.262 e. The van der Waals surface area contributed by atoms with Crippen LogP contribution < -0.4 is 9.46 Å². The summed E-state index contributed by atoms with van der Waals surface area (Å²) in [4.78, 5) is 12.3. The SMILES string of the molecule is O=C1CCc2c(Oc3cccc4sccc34)ccc(NS(=O)(=O)CF)c21. The van der Waals surface area contributed by atoms with Crippen molar-refractivity contribution in [1.29, 1.82) is 0 Å². The lowest BCUT2D eigenvalue weighted by Gasteiger charge is -2.14. The van der Waals surface area contributed by atoms with Crippen molar-refractivity contribution in [3.63, 3.8) is 0 Å². The molecular formula is C18H14FNO4S2. The van der Waals surface area contributed by atoms with Crippen molar-refractivity contribution in [2.24, 2.45) is 0 Å². The lowest BCUT2D eigenvalue weighted by Crippen LogP contribution is -2.16. The third kappa shape index (κ3) is 2.95. The summed E-state index contributed by atoms with van der Waals surface area (Å²) in [6.45, 7) is 0. The van der Waals surface area contributed by atoms with E-state index in [1.165, 1.54) is 6.07 Å². The Morgan fingerprint density at radius 1 is 1.12 bits per heavy atom. The topological polar surface area (TPSA) is 72.5 Å². The van der Waals surface area contributed by atoms with Gasteiger partial charge in [0, 0.05) is 27.6 Å². The predicted molar refractivity (Wildman–Crippen MR) is 99.5 cm³/mol. The van der Waals surface area contributed by atoms with E-state index in [1.807, 2.05) is 29.6 Å². The molecule has 2 aromatic carbocycles. The highest BCUT2D eigenvalue weighted by molar-refractivity contribution is 7.92. The summed E-state index contributed by atoms with van der Waals surface area (Å²) in [5.41, 5.74) is 1.000. The van der Waals surface area contributed by atoms with Crippen molar-refractivity contribution in [3.8, 4) is 11.5 Å². The number of rotatable bonds is 5. The molecule has 1 aromatic heterocycles. The number of benzene rings is 2. The van der Waals surface area contributed by atoms with E-state index in [2.05, 4.69) is 4.72 Å². The second-order valence-corrected chi connectivity index (χ2v) is 8.50. The van der Waals surface area contributed by atoms with Gasteiger partial charge in [0.2, 0.25) is 6.01 Å². The van der Waals surface area contributed by atoms with Gasteiger partial charge in [-0.1, -0.05) is 6.07 Å². The first-order valence-corrected chi connectivity index (χ1v) is 10.4. The molecule has 1 aliphatic rings. The number of ketones is 1. The molecule has 0 saturated carbocycles. The molecule has 0 atom stereocenters. The number of Topliss-reactive ketones (excluding diaryl/α,β-unsaturated/α-hetero) is 1. The van der Waals surface area contributed by atoms with Crippen molar-refractivity contribution in [2.45, 2.75) is 12.8 Å². The Morgan fingerprint density at radius 2 is 1.96 bits per heavy atom. The van der Waals surface area contributed by atoms with E-state index in [0.29, 0.717) is 23.5 Å². The van der Waals surface area contributed by atoms with Crippen LogP contribution in [-0.4, -0.2) is 20.2 Å². The number of nitrogens with one attached hydrogen (secondary N) is 1. The third-order valence-corrected chi connectivity index (χ3v) is 5.94.